The Labute approximate surface area is 180 Å². The second-order valence-electron chi connectivity index (χ2n) is 7.73. The topological polar surface area (TPSA) is 69.3 Å². The van der Waals surface area contributed by atoms with Crippen LogP contribution in [0.15, 0.2) is 35.3 Å². The van der Waals surface area contributed by atoms with Crippen LogP contribution in [-0.4, -0.2) is 32.4 Å². The number of alkyl halides is 3. The predicted octanol–water partition coefficient (Wildman–Crippen LogP) is 4.40. The quantitative estimate of drug-likeness (QED) is 0.633. The number of rotatable bonds is 4. The lowest BCUT2D eigenvalue weighted by atomic mass is 9.93. The lowest BCUT2D eigenvalue weighted by Gasteiger charge is -2.26. The first kappa shape index (κ1) is 21.7. The summed E-state index contributed by atoms with van der Waals surface area (Å²) >= 11 is 6.18. The lowest BCUT2D eigenvalue weighted by Crippen LogP contribution is -2.31. The molecule has 166 valence electrons. The summed E-state index contributed by atoms with van der Waals surface area (Å²) in [6, 6.07) is 5.70. The summed E-state index contributed by atoms with van der Waals surface area (Å²) in [5, 5.41) is 10.1. The highest BCUT2D eigenvalue weighted by molar-refractivity contribution is 6.32. The van der Waals surface area contributed by atoms with Crippen LogP contribution in [-0.2, 0) is 12.7 Å². The van der Waals surface area contributed by atoms with E-state index in [0.717, 1.165) is 12.3 Å². The molecule has 2 aromatic heterocycles. The first-order chi connectivity index (χ1) is 14.7. The number of halogens is 4. The van der Waals surface area contributed by atoms with Crippen molar-refractivity contribution in [3.05, 3.63) is 57.1 Å². The van der Waals surface area contributed by atoms with Crippen molar-refractivity contribution in [1.82, 2.24) is 14.1 Å². The molecular formula is C21H21ClF3N3O3. The van der Waals surface area contributed by atoms with E-state index in [2.05, 4.69) is 4.98 Å². The number of aliphatic hydroxyl groups excluding tert-OH is 1. The van der Waals surface area contributed by atoms with E-state index < -0.39 is 23.5 Å². The third-order valence-corrected chi connectivity index (χ3v) is 6.01. The van der Waals surface area contributed by atoms with Gasteiger partial charge in [0.2, 0.25) is 0 Å². The number of aliphatic hydroxyl groups is 1. The SMILES string of the molecule is COc1ccc(Cn2c(=O)n(C3CCC(O)CC3)c3ncc(C(F)(F)F)cc32)cc1Cl. The number of aromatic nitrogens is 3. The van der Waals surface area contributed by atoms with E-state index in [0.29, 0.717) is 42.0 Å². The molecule has 1 aromatic carbocycles. The second kappa shape index (κ2) is 8.20. The van der Waals surface area contributed by atoms with E-state index in [1.54, 1.807) is 18.2 Å². The van der Waals surface area contributed by atoms with Gasteiger partial charge in [-0.15, -0.1) is 0 Å². The highest BCUT2D eigenvalue weighted by Gasteiger charge is 2.33. The summed E-state index contributed by atoms with van der Waals surface area (Å²) in [6.45, 7) is 0.0321. The Bertz CT molecular complexity index is 1160. The number of ether oxygens (including phenoxy) is 1. The third kappa shape index (κ3) is 4.16. The number of benzene rings is 1. The van der Waals surface area contributed by atoms with Crippen LogP contribution in [0.1, 0.15) is 42.9 Å². The second-order valence-corrected chi connectivity index (χ2v) is 8.14. The zero-order valence-corrected chi connectivity index (χ0v) is 17.5. The van der Waals surface area contributed by atoms with Gasteiger partial charge in [0.15, 0.2) is 5.65 Å². The fourth-order valence-corrected chi connectivity index (χ4v) is 4.38. The largest absolute Gasteiger partial charge is 0.495 e. The zero-order chi connectivity index (χ0) is 22.3. The normalized spacial score (nSPS) is 19.7. The summed E-state index contributed by atoms with van der Waals surface area (Å²) in [5.41, 5.74) is -0.395. The molecule has 0 saturated heterocycles. The van der Waals surface area contributed by atoms with Crippen molar-refractivity contribution in [1.29, 1.82) is 0 Å². The summed E-state index contributed by atoms with van der Waals surface area (Å²) < 4.78 is 47.9. The van der Waals surface area contributed by atoms with Crippen molar-refractivity contribution in [2.24, 2.45) is 0 Å². The maximum absolute atomic E-state index is 13.3. The smallest absolute Gasteiger partial charge is 0.417 e. The van der Waals surface area contributed by atoms with Crippen LogP contribution in [0.25, 0.3) is 11.2 Å². The molecule has 4 rings (SSSR count). The molecule has 0 amide bonds. The van der Waals surface area contributed by atoms with E-state index in [1.807, 2.05) is 0 Å². The van der Waals surface area contributed by atoms with E-state index in [1.165, 1.54) is 16.2 Å². The Morgan fingerprint density at radius 2 is 1.94 bits per heavy atom. The number of fused-ring (bicyclic) bond motifs is 1. The predicted molar refractivity (Wildman–Crippen MR) is 110 cm³/mol. The van der Waals surface area contributed by atoms with Gasteiger partial charge in [0.25, 0.3) is 0 Å². The first-order valence-corrected chi connectivity index (χ1v) is 10.2. The highest BCUT2D eigenvalue weighted by Crippen LogP contribution is 2.33. The van der Waals surface area contributed by atoms with Crippen LogP contribution < -0.4 is 10.4 Å². The minimum atomic E-state index is -4.58. The Hall–Kier alpha value is -2.52. The summed E-state index contributed by atoms with van der Waals surface area (Å²) in [4.78, 5) is 17.4. The van der Waals surface area contributed by atoms with Gasteiger partial charge >= 0.3 is 11.9 Å². The molecule has 1 aliphatic rings. The molecular weight excluding hydrogens is 435 g/mol. The molecule has 0 aliphatic heterocycles. The molecule has 1 saturated carbocycles. The number of imidazole rings is 1. The number of methoxy groups -OCH3 is 1. The van der Waals surface area contributed by atoms with Gasteiger partial charge < -0.3 is 9.84 Å². The molecule has 3 aromatic rings. The Balaban J connectivity index is 1.85. The minimum absolute atomic E-state index is 0.0321. The zero-order valence-electron chi connectivity index (χ0n) is 16.7. The van der Waals surface area contributed by atoms with E-state index in [9.17, 15) is 23.1 Å². The van der Waals surface area contributed by atoms with Crippen LogP contribution in [0.2, 0.25) is 5.02 Å². The number of nitrogens with zero attached hydrogens (tertiary/aromatic N) is 3. The molecule has 0 unspecified atom stereocenters. The van der Waals surface area contributed by atoms with Gasteiger partial charge in [-0.1, -0.05) is 17.7 Å². The molecule has 6 nitrogen and oxygen atoms in total. The monoisotopic (exact) mass is 455 g/mol. The maximum Gasteiger partial charge on any atom is 0.417 e. The summed E-state index contributed by atoms with van der Waals surface area (Å²) in [5.74, 6) is 0.460. The van der Waals surface area contributed by atoms with Crippen LogP contribution in [0.3, 0.4) is 0 Å². The molecule has 0 bridgehead atoms. The van der Waals surface area contributed by atoms with Crippen LogP contribution in [0, 0.1) is 0 Å². The van der Waals surface area contributed by atoms with Gasteiger partial charge in [-0.2, -0.15) is 13.2 Å². The van der Waals surface area contributed by atoms with Gasteiger partial charge in [0.1, 0.15) is 5.75 Å². The summed E-state index contributed by atoms with van der Waals surface area (Å²) in [7, 11) is 1.48. The number of pyridine rings is 1. The van der Waals surface area contributed by atoms with Crippen molar-refractivity contribution in [3.8, 4) is 5.75 Å². The van der Waals surface area contributed by atoms with Crippen molar-refractivity contribution < 1.29 is 23.0 Å². The van der Waals surface area contributed by atoms with Gasteiger partial charge in [-0.3, -0.25) is 9.13 Å². The highest BCUT2D eigenvalue weighted by atomic mass is 35.5. The van der Waals surface area contributed by atoms with Crippen molar-refractivity contribution in [3.63, 3.8) is 0 Å². The number of hydrogen-bond donors (Lipinski definition) is 1. The molecule has 0 atom stereocenters. The van der Waals surface area contributed by atoms with E-state index in [4.69, 9.17) is 16.3 Å². The standard InChI is InChI=1S/C21H21ClF3N3O3/c1-31-18-7-2-12(8-16(18)22)11-27-17-9-13(21(23,24)25)10-26-19(17)28(20(27)30)14-3-5-15(29)6-4-14/h2,7-10,14-15,29H,3-6,11H2,1H3. The molecule has 31 heavy (non-hydrogen) atoms. The fraction of sp³-hybridized carbons (Fsp3) is 0.429. The van der Waals surface area contributed by atoms with Crippen LogP contribution in [0.4, 0.5) is 13.2 Å². The average molecular weight is 456 g/mol. The molecule has 2 heterocycles. The molecule has 1 fully saturated rings. The Morgan fingerprint density at radius 1 is 1.23 bits per heavy atom. The molecule has 1 N–H and O–H groups in total. The van der Waals surface area contributed by atoms with Crippen LogP contribution in [0.5, 0.6) is 5.75 Å². The summed E-state index contributed by atoms with van der Waals surface area (Å²) in [6.07, 6.45) is -2.09. The van der Waals surface area contributed by atoms with Gasteiger partial charge in [0, 0.05) is 12.2 Å². The van der Waals surface area contributed by atoms with Crippen molar-refractivity contribution >= 4 is 22.8 Å². The van der Waals surface area contributed by atoms with E-state index in [-0.39, 0.29) is 23.8 Å². The van der Waals surface area contributed by atoms with Crippen molar-refractivity contribution in [2.75, 3.05) is 7.11 Å². The molecule has 0 radical (unpaired) electrons. The Morgan fingerprint density at radius 3 is 2.55 bits per heavy atom. The molecule has 0 spiro atoms. The molecule has 1 aliphatic carbocycles. The van der Waals surface area contributed by atoms with Gasteiger partial charge in [-0.05, 0) is 49.4 Å². The fourth-order valence-electron chi connectivity index (χ4n) is 4.10. The third-order valence-electron chi connectivity index (χ3n) is 5.72. The van der Waals surface area contributed by atoms with E-state index >= 15 is 0 Å². The van der Waals surface area contributed by atoms with Gasteiger partial charge in [-0.25, -0.2) is 9.78 Å². The van der Waals surface area contributed by atoms with Crippen molar-refractivity contribution in [2.45, 2.75) is 50.6 Å². The number of hydrogen-bond acceptors (Lipinski definition) is 4. The Kier molecular flexibility index (Phi) is 5.74. The lowest BCUT2D eigenvalue weighted by molar-refractivity contribution is -0.137. The first-order valence-electron chi connectivity index (χ1n) is 9.87. The molecule has 10 heteroatoms. The van der Waals surface area contributed by atoms with Crippen LogP contribution >= 0.6 is 11.6 Å². The maximum atomic E-state index is 13.3. The van der Waals surface area contributed by atoms with Gasteiger partial charge in [0.05, 0.1) is 35.9 Å². The average Bonchev–Trinajstić information content (AvgIpc) is 2.99. The minimum Gasteiger partial charge on any atom is -0.495 e.